The average Bonchev–Trinajstić information content (AvgIpc) is 3.20. The Hall–Kier alpha value is -1.99. The fraction of sp³-hybridized carbons (Fsp3) is 0.267. The van der Waals surface area contributed by atoms with Crippen LogP contribution in [0.5, 0.6) is 0 Å². The van der Waals surface area contributed by atoms with Gasteiger partial charge in [-0.15, -0.1) is 22.7 Å². The zero-order chi connectivity index (χ0) is 15.5. The van der Waals surface area contributed by atoms with E-state index in [1.54, 1.807) is 27.4 Å². The minimum Gasteiger partial charge on any atom is -0.350 e. The molecule has 0 saturated carbocycles. The van der Waals surface area contributed by atoms with Gasteiger partial charge in [-0.05, 0) is 24.4 Å². The SMILES string of the molecule is Cc1ncsc1CCNC(=O)c1cc(-c2cccs2)n(C)n1. The minimum atomic E-state index is -0.138. The fourth-order valence-corrected chi connectivity index (χ4v) is 3.73. The molecule has 0 aliphatic rings. The third kappa shape index (κ3) is 3.10. The first kappa shape index (κ1) is 14.9. The van der Waals surface area contributed by atoms with Crippen LogP contribution >= 0.6 is 22.7 Å². The molecule has 0 spiro atoms. The molecule has 1 N–H and O–H groups in total. The Morgan fingerprint density at radius 2 is 2.27 bits per heavy atom. The molecular formula is C15H16N4OS2. The minimum absolute atomic E-state index is 0.138. The summed E-state index contributed by atoms with van der Waals surface area (Å²) in [6.45, 7) is 2.58. The molecule has 0 aromatic carbocycles. The highest BCUT2D eigenvalue weighted by Gasteiger charge is 2.14. The quantitative estimate of drug-likeness (QED) is 0.781. The maximum Gasteiger partial charge on any atom is 0.271 e. The summed E-state index contributed by atoms with van der Waals surface area (Å²) in [7, 11) is 1.85. The summed E-state index contributed by atoms with van der Waals surface area (Å²) in [4.78, 5) is 18.7. The predicted molar refractivity (Wildman–Crippen MR) is 89.4 cm³/mol. The molecule has 0 fully saturated rings. The summed E-state index contributed by atoms with van der Waals surface area (Å²) >= 11 is 3.26. The number of thiophene rings is 1. The number of carbonyl (C=O) groups is 1. The molecule has 0 unspecified atom stereocenters. The lowest BCUT2D eigenvalue weighted by atomic mass is 10.3. The van der Waals surface area contributed by atoms with Crippen molar-refractivity contribution in [1.82, 2.24) is 20.1 Å². The van der Waals surface area contributed by atoms with Crippen LogP contribution in [0.15, 0.2) is 29.1 Å². The van der Waals surface area contributed by atoms with Crippen LogP contribution in [-0.4, -0.2) is 27.2 Å². The van der Waals surface area contributed by atoms with Crippen molar-refractivity contribution >= 4 is 28.6 Å². The molecule has 0 atom stereocenters. The smallest absolute Gasteiger partial charge is 0.271 e. The molecule has 7 heteroatoms. The van der Waals surface area contributed by atoms with E-state index in [0.717, 1.165) is 22.7 Å². The van der Waals surface area contributed by atoms with Crippen LogP contribution in [0.4, 0.5) is 0 Å². The normalized spacial score (nSPS) is 10.8. The molecule has 0 aliphatic carbocycles. The van der Waals surface area contributed by atoms with Crippen molar-refractivity contribution in [2.24, 2.45) is 7.05 Å². The average molecular weight is 332 g/mol. The number of nitrogens with one attached hydrogen (secondary N) is 1. The third-order valence-corrected chi connectivity index (χ3v) is 5.26. The van der Waals surface area contributed by atoms with E-state index >= 15 is 0 Å². The first-order chi connectivity index (χ1) is 10.6. The van der Waals surface area contributed by atoms with E-state index in [1.807, 2.05) is 43.1 Å². The first-order valence-corrected chi connectivity index (χ1v) is 8.66. The summed E-state index contributed by atoms with van der Waals surface area (Å²) in [5.41, 5.74) is 4.28. The highest BCUT2D eigenvalue weighted by atomic mass is 32.1. The van der Waals surface area contributed by atoms with Gasteiger partial charge in [-0.1, -0.05) is 6.07 Å². The molecule has 3 rings (SSSR count). The molecule has 22 heavy (non-hydrogen) atoms. The Kier molecular flexibility index (Phi) is 4.35. The van der Waals surface area contributed by atoms with Crippen LogP contribution in [0, 0.1) is 6.92 Å². The number of nitrogens with zero attached hydrogens (tertiary/aromatic N) is 3. The van der Waals surface area contributed by atoms with Crippen molar-refractivity contribution in [2.75, 3.05) is 6.54 Å². The standard InChI is InChI=1S/C15H16N4OS2/c1-10-13(22-9-17-10)5-6-16-15(20)11-8-12(19(2)18-11)14-4-3-7-21-14/h3-4,7-9H,5-6H2,1-2H3,(H,16,20). The van der Waals surface area contributed by atoms with E-state index < -0.39 is 0 Å². The summed E-state index contributed by atoms with van der Waals surface area (Å²) in [6, 6.07) is 5.85. The molecule has 3 aromatic rings. The van der Waals surface area contributed by atoms with E-state index in [4.69, 9.17) is 0 Å². The predicted octanol–water partition coefficient (Wildman–Crippen LogP) is 2.89. The van der Waals surface area contributed by atoms with Crippen LogP contribution < -0.4 is 5.32 Å². The second-order valence-corrected chi connectivity index (χ2v) is 6.77. The Morgan fingerprint density at radius 3 is 2.95 bits per heavy atom. The van der Waals surface area contributed by atoms with Crippen molar-refractivity contribution in [3.8, 4) is 10.6 Å². The van der Waals surface area contributed by atoms with E-state index in [1.165, 1.54) is 4.88 Å². The molecule has 3 heterocycles. The molecule has 1 amide bonds. The molecule has 0 saturated heterocycles. The van der Waals surface area contributed by atoms with Gasteiger partial charge in [0, 0.05) is 24.9 Å². The third-order valence-electron chi connectivity index (χ3n) is 3.37. The van der Waals surface area contributed by atoms with Crippen molar-refractivity contribution < 1.29 is 4.79 Å². The Balaban J connectivity index is 1.63. The number of aryl methyl sites for hydroxylation is 2. The molecule has 5 nitrogen and oxygen atoms in total. The van der Waals surface area contributed by atoms with Gasteiger partial charge in [-0.2, -0.15) is 5.10 Å². The molecule has 0 aliphatic heterocycles. The van der Waals surface area contributed by atoms with Crippen molar-refractivity contribution in [1.29, 1.82) is 0 Å². The van der Waals surface area contributed by atoms with Gasteiger partial charge in [0.2, 0.25) is 0 Å². The lowest BCUT2D eigenvalue weighted by molar-refractivity contribution is 0.0948. The maximum absolute atomic E-state index is 12.2. The van der Waals surface area contributed by atoms with Crippen LogP contribution in [0.25, 0.3) is 10.6 Å². The molecule has 0 bridgehead atoms. The molecule has 3 aromatic heterocycles. The number of carbonyl (C=O) groups excluding carboxylic acids is 1. The monoisotopic (exact) mass is 332 g/mol. The number of hydrogen-bond acceptors (Lipinski definition) is 5. The number of aromatic nitrogens is 3. The summed E-state index contributed by atoms with van der Waals surface area (Å²) in [5.74, 6) is -0.138. The summed E-state index contributed by atoms with van der Waals surface area (Å²) < 4.78 is 1.74. The zero-order valence-corrected chi connectivity index (χ0v) is 14.0. The lowest BCUT2D eigenvalue weighted by Gasteiger charge is -2.02. The maximum atomic E-state index is 12.2. The zero-order valence-electron chi connectivity index (χ0n) is 12.4. The Morgan fingerprint density at radius 1 is 1.41 bits per heavy atom. The topological polar surface area (TPSA) is 59.8 Å². The van der Waals surface area contributed by atoms with Gasteiger partial charge in [0.05, 0.1) is 21.8 Å². The van der Waals surface area contributed by atoms with Gasteiger partial charge in [-0.3, -0.25) is 9.48 Å². The van der Waals surface area contributed by atoms with Gasteiger partial charge >= 0.3 is 0 Å². The van der Waals surface area contributed by atoms with Gasteiger partial charge < -0.3 is 5.32 Å². The molecule has 0 radical (unpaired) electrons. The Bertz CT molecular complexity index is 773. The van der Waals surface area contributed by atoms with Crippen LogP contribution in [-0.2, 0) is 13.5 Å². The highest BCUT2D eigenvalue weighted by Crippen LogP contribution is 2.24. The number of amides is 1. The summed E-state index contributed by atoms with van der Waals surface area (Å²) in [5, 5.41) is 9.23. The molecule has 114 valence electrons. The second kappa shape index (κ2) is 6.41. The number of hydrogen-bond donors (Lipinski definition) is 1. The Labute approximate surface area is 136 Å². The summed E-state index contributed by atoms with van der Waals surface area (Å²) in [6.07, 6.45) is 0.798. The van der Waals surface area contributed by atoms with Gasteiger partial charge in [0.25, 0.3) is 5.91 Å². The van der Waals surface area contributed by atoms with E-state index in [0.29, 0.717) is 12.2 Å². The second-order valence-electron chi connectivity index (χ2n) is 4.88. The largest absolute Gasteiger partial charge is 0.350 e. The molecular weight excluding hydrogens is 316 g/mol. The van der Waals surface area contributed by atoms with Crippen molar-refractivity contribution in [3.63, 3.8) is 0 Å². The van der Waals surface area contributed by atoms with Crippen LogP contribution in [0.3, 0.4) is 0 Å². The van der Waals surface area contributed by atoms with Crippen LogP contribution in [0.1, 0.15) is 21.1 Å². The highest BCUT2D eigenvalue weighted by molar-refractivity contribution is 7.13. The van der Waals surface area contributed by atoms with Gasteiger partial charge in [0.1, 0.15) is 0 Å². The number of rotatable bonds is 5. The number of thiazole rings is 1. The van der Waals surface area contributed by atoms with Crippen molar-refractivity contribution in [3.05, 3.63) is 45.4 Å². The van der Waals surface area contributed by atoms with Crippen molar-refractivity contribution in [2.45, 2.75) is 13.3 Å². The lowest BCUT2D eigenvalue weighted by Crippen LogP contribution is -2.26. The van der Waals surface area contributed by atoms with E-state index in [2.05, 4.69) is 15.4 Å². The fourth-order valence-electron chi connectivity index (χ4n) is 2.18. The van der Waals surface area contributed by atoms with Crippen LogP contribution in [0.2, 0.25) is 0 Å². The van der Waals surface area contributed by atoms with E-state index in [-0.39, 0.29) is 5.91 Å². The first-order valence-electron chi connectivity index (χ1n) is 6.90. The van der Waals surface area contributed by atoms with E-state index in [9.17, 15) is 4.79 Å². The van der Waals surface area contributed by atoms with Gasteiger partial charge in [0.15, 0.2) is 5.69 Å². The van der Waals surface area contributed by atoms with Gasteiger partial charge in [-0.25, -0.2) is 4.98 Å².